The number of unbranched alkanes of at least 4 members (excludes halogenated alkanes) is 14. The number of nitrogens with one attached hydrogen (secondary N) is 2. The fourth-order valence-corrected chi connectivity index (χ4v) is 6.34. The van der Waals surface area contributed by atoms with Crippen molar-refractivity contribution in [1.29, 1.82) is 0 Å². The summed E-state index contributed by atoms with van der Waals surface area (Å²) in [6.07, 6.45) is 20.5. The summed E-state index contributed by atoms with van der Waals surface area (Å²) >= 11 is 0. The molecule has 12 heteroatoms. The third-order valence-corrected chi connectivity index (χ3v) is 9.81. The van der Waals surface area contributed by atoms with Gasteiger partial charge in [-0.3, -0.25) is 0 Å². The monoisotopic (exact) mass is 814 g/mol. The van der Waals surface area contributed by atoms with Crippen LogP contribution < -0.4 is 24.8 Å². The Bertz CT molecular complexity index is 1830. The Morgan fingerprint density at radius 2 is 0.717 bits per heavy atom. The van der Waals surface area contributed by atoms with Gasteiger partial charge in [-0.15, -0.1) is 0 Å². The molecule has 0 aliphatic rings. The molecule has 0 bridgehead atoms. The van der Waals surface area contributed by atoms with Crippen LogP contribution in [0.15, 0.2) is 118 Å². The summed E-state index contributed by atoms with van der Waals surface area (Å²) in [7, 11) is 1.51. The van der Waals surface area contributed by atoms with Gasteiger partial charge in [-0.1, -0.05) is 104 Å². The molecule has 0 saturated heterocycles. The molecule has 4 aromatic carbocycles. The van der Waals surface area contributed by atoms with Crippen LogP contribution in [0.25, 0.3) is 0 Å². The van der Waals surface area contributed by atoms with Crippen LogP contribution in [0.1, 0.15) is 117 Å². The van der Waals surface area contributed by atoms with Crippen molar-refractivity contribution >= 4 is 46.0 Å². The van der Waals surface area contributed by atoms with Gasteiger partial charge in [0.15, 0.2) is 0 Å². The summed E-state index contributed by atoms with van der Waals surface area (Å²) in [5, 5.41) is 24.0. The first-order valence-electron chi connectivity index (χ1n) is 21.9. The Kier molecular flexibility index (Phi) is 20.3. The second-order valence-corrected chi connectivity index (χ2v) is 14.8. The van der Waals surface area contributed by atoms with Crippen LogP contribution in [-0.4, -0.2) is 35.3 Å². The number of rotatable bonds is 29. The van der Waals surface area contributed by atoms with Crippen LogP contribution in [0.4, 0.5) is 46.0 Å². The lowest BCUT2D eigenvalue weighted by atomic mass is 10.1. The number of methoxy groups -OCH3 is 1. The zero-order valence-electron chi connectivity index (χ0n) is 35.8. The fourth-order valence-electron chi connectivity index (χ4n) is 6.34. The molecule has 12 nitrogen and oxygen atoms in total. The first kappa shape index (κ1) is 45.2. The number of benzene rings is 4. The number of nitrogens with zero attached hydrogens (tertiary/aromatic N) is 7. The summed E-state index contributed by atoms with van der Waals surface area (Å²) in [5.41, 5.74) is 4.46. The van der Waals surface area contributed by atoms with Crippen LogP contribution >= 0.6 is 0 Å². The predicted molar refractivity (Wildman–Crippen MR) is 243 cm³/mol. The van der Waals surface area contributed by atoms with Crippen molar-refractivity contribution in [1.82, 2.24) is 15.0 Å². The first-order valence-corrected chi connectivity index (χ1v) is 21.9. The lowest BCUT2D eigenvalue weighted by molar-refractivity contribution is 0.304. The first-order chi connectivity index (χ1) is 29.6. The van der Waals surface area contributed by atoms with Crippen molar-refractivity contribution < 1.29 is 14.2 Å². The summed E-state index contributed by atoms with van der Waals surface area (Å²) < 4.78 is 17.2. The molecule has 0 aliphatic carbocycles. The van der Waals surface area contributed by atoms with Gasteiger partial charge < -0.3 is 24.8 Å². The molecule has 0 fully saturated rings. The Morgan fingerprint density at radius 3 is 1.05 bits per heavy atom. The highest BCUT2D eigenvalue weighted by Crippen LogP contribution is 2.27. The lowest BCUT2D eigenvalue weighted by Gasteiger charge is -2.10. The normalized spacial score (nSPS) is 11.3. The topological polar surface area (TPSA) is 140 Å². The average molecular weight is 814 g/mol. The molecule has 2 N–H and O–H groups in total. The Morgan fingerprint density at radius 1 is 0.400 bits per heavy atom. The van der Waals surface area contributed by atoms with E-state index in [0.29, 0.717) is 23.3 Å². The van der Waals surface area contributed by atoms with Gasteiger partial charge in [-0.05, 0) is 110 Å². The molecule has 5 aromatic rings. The minimum absolute atomic E-state index is 0.167. The van der Waals surface area contributed by atoms with E-state index in [-0.39, 0.29) is 6.01 Å². The molecule has 318 valence electrons. The lowest BCUT2D eigenvalue weighted by Crippen LogP contribution is -2.05. The molecule has 0 atom stereocenters. The van der Waals surface area contributed by atoms with Gasteiger partial charge in [0.1, 0.15) is 11.5 Å². The SMILES string of the molecule is CCCCCCCCCCOc1ccc(N=Nc2ccc(Nc3nc(Nc4ccc(N=Nc5ccc(OCCCCCCCCCC)cc5)cc4)nc(OC)n3)cc2)cc1. The highest BCUT2D eigenvalue weighted by atomic mass is 16.5. The zero-order chi connectivity index (χ0) is 41.9. The van der Waals surface area contributed by atoms with E-state index in [1.54, 1.807) is 0 Å². The van der Waals surface area contributed by atoms with E-state index < -0.39 is 0 Å². The number of hydrogen-bond acceptors (Lipinski definition) is 12. The van der Waals surface area contributed by atoms with Crippen LogP contribution in [-0.2, 0) is 0 Å². The minimum Gasteiger partial charge on any atom is -0.494 e. The maximum absolute atomic E-state index is 5.92. The summed E-state index contributed by atoms with van der Waals surface area (Å²) in [6, 6.07) is 30.6. The van der Waals surface area contributed by atoms with Crippen LogP contribution in [0, 0.1) is 0 Å². The molecule has 60 heavy (non-hydrogen) atoms. The highest BCUT2D eigenvalue weighted by Gasteiger charge is 2.09. The molecule has 0 amide bonds. The van der Waals surface area contributed by atoms with Gasteiger partial charge in [-0.2, -0.15) is 35.4 Å². The molecule has 0 unspecified atom stereocenters. The van der Waals surface area contributed by atoms with Gasteiger partial charge in [0.2, 0.25) is 11.9 Å². The summed E-state index contributed by atoms with van der Waals surface area (Å²) in [4.78, 5) is 13.3. The fraction of sp³-hybridized carbons (Fsp3) is 0.438. The molecular formula is C48H63N9O3. The maximum atomic E-state index is 5.92. The van der Waals surface area contributed by atoms with E-state index in [2.05, 4.69) is 59.9 Å². The molecule has 0 saturated carbocycles. The van der Waals surface area contributed by atoms with E-state index in [1.165, 1.54) is 97.0 Å². The Labute approximate surface area is 356 Å². The quantitative estimate of drug-likeness (QED) is 0.0359. The van der Waals surface area contributed by atoms with Gasteiger partial charge in [0, 0.05) is 11.4 Å². The van der Waals surface area contributed by atoms with Crippen LogP contribution in [0.3, 0.4) is 0 Å². The number of azo groups is 2. The average Bonchev–Trinajstić information content (AvgIpc) is 3.28. The van der Waals surface area contributed by atoms with Gasteiger partial charge in [0.05, 0.1) is 43.1 Å². The largest absolute Gasteiger partial charge is 0.494 e. The van der Waals surface area contributed by atoms with Crippen molar-refractivity contribution in [3.63, 3.8) is 0 Å². The second-order valence-electron chi connectivity index (χ2n) is 14.8. The number of hydrogen-bond donors (Lipinski definition) is 2. The predicted octanol–water partition coefficient (Wildman–Crippen LogP) is 15.2. The molecular weight excluding hydrogens is 751 g/mol. The second kappa shape index (κ2) is 27.0. The summed E-state index contributed by atoms with van der Waals surface area (Å²) in [6.45, 7) is 5.98. The van der Waals surface area contributed by atoms with Crippen LogP contribution in [0.5, 0.6) is 17.5 Å². The molecule has 0 aliphatic heterocycles. The molecule has 0 radical (unpaired) electrons. The number of ether oxygens (including phenoxy) is 3. The van der Waals surface area contributed by atoms with Crippen molar-refractivity contribution in [3.05, 3.63) is 97.1 Å². The molecule has 0 spiro atoms. The van der Waals surface area contributed by atoms with Crippen molar-refractivity contribution in [2.75, 3.05) is 31.0 Å². The van der Waals surface area contributed by atoms with Gasteiger partial charge >= 0.3 is 6.01 Å². The third-order valence-electron chi connectivity index (χ3n) is 9.81. The third kappa shape index (κ3) is 17.5. The van der Waals surface area contributed by atoms with Crippen molar-refractivity contribution in [2.45, 2.75) is 117 Å². The Balaban J connectivity index is 1.03. The minimum atomic E-state index is 0.167. The van der Waals surface area contributed by atoms with E-state index in [0.717, 1.165) is 60.3 Å². The standard InChI is InChI=1S/C48H63N9O3/c1-4-6-8-10-12-14-16-18-36-59-44-32-28-42(29-33-44)56-54-40-24-20-38(21-25-40)49-46-51-47(53-48(52-46)58-3)50-39-22-26-41(27-23-39)55-57-43-30-34-45(35-31-43)60-37-19-17-15-13-11-9-7-5-2/h20-35H,4-19,36-37H2,1-3H3,(H2,49,50,51,52,53). The van der Waals surface area contributed by atoms with Crippen LogP contribution in [0.2, 0.25) is 0 Å². The highest BCUT2D eigenvalue weighted by molar-refractivity contribution is 5.61. The van der Waals surface area contributed by atoms with E-state index in [9.17, 15) is 0 Å². The Hall–Kier alpha value is -5.91. The van der Waals surface area contributed by atoms with E-state index in [4.69, 9.17) is 14.2 Å². The summed E-state index contributed by atoms with van der Waals surface area (Å²) in [5.74, 6) is 2.34. The number of aromatic nitrogens is 3. The van der Waals surface area contributed by atoms with Gasteiger partial charge in [0.25, 0.3) is 0 Å². The van der Waals surface area contributed by atoms with Gasteiger partial charge in [-0.25, -0.2) is 0 Å². The van der Waals surface area contributed by atoms with Crippen molar-refractivity contribution in [2.24, 2.45) is 20.5 Å². The molecule has 1 heterocycles. The maximum Gasteiger partial charge on any atom is 0.322 e. The van der Waals surface area contributed by atoms with Crippen molar-refractivity contribution in [3.8, 4) is 17.5 Å². The smallest absolute Gasteiger partial charge is 0.322 e. The van der Waals surface area contributed by atoms with E-state index >= 15 is 0 Å². The van der Waals surface area contributed by atoms with E-state index in [1.807, 2.05) is 97.1 Å². The zero-order valence-corrected chi connectivity index (χ0v) is 35.8. The molecule has 1 aromatic heterocycles. The number of anilines is 4. The molecule has 5 rings (SSSR count).